The largest absolute Gasteiger partial charge is 0.379 e. The van der Waals surface area contributed by atoms with Gasteiger partial charge in [-0.2, -0.15) is 0 Å². The zero-order valence-electron chi connectivity index (χ0n) is 13.0. The van der Waals surface area contributed by atoms with E-state index >= 15 is 0 Å². The molecule has 1 saturated heterocycles. The van der Waals surface area contributed by atoms with Crippen LogP contribution in [0.15, 0.2) is 18.2 Å². The minimum atomic E-state index is -1.45. The van der Waals surface area contributed by atoms with Crippen molar-refractivity contribution in [3.63, 3.8) is 0 Å². The molecule has 2 aliphatic rings. The van der Waals surface area contributed by atoms with Crippen LogP contribution in [0.25, 0.3) is 0 Å². The number of benzene rings is 1. The molecule has 0 unspecified atom stereocenters. The normalized spacial score (nSPS) is 25.5. The van der Waals surface area contributed by atoms with E-state index in [2.05, 4.69) is 5.32 Å². The van der Waals surface area contributed by atoms with Crippen LogP contribution in [-0.4, -0.2) is 40.6 Å². The highest BCUT2D eigenvalue weighted by Crippen LogP contribution is 2.26. The third-order valence-electron chi connectivity index (χ3n) is 4.88. The SMILES string of the molecule is O=C1N(Cc2cccc(F)c2F)CCC[C@]1(O)CNC1CCC1. The summed E-state index contributed by atoms with van der Waals surface area (Å²) in [6.45, 7) is 0.646. The average molecular weight is 324 g/mol. The molecule has 1 saturated carbocycles. The van der Waals surface area contributed by atoms with E-state index < -0.39 is 23.1 Å². The Kier molecular flexibility index (Phi) is 4.64. The second-order valence-corrected chi connectivity index (χ2v) is 6.58. The Morgan fingerprint density at radius 2 is 2.09 bits per heavy atom. The monoisotopic (exact) mass is 324 g/mol. The quantitative estimate of drug-likeness (QED) is 0.870. The summed E-state index contributed by atoms with van der Waals surface area (Å²) < 4.78 is 27.1. The van der Waals surface area contributed by atoms with Crippen molar-refractivity contribution in [1.29, 1.82) is 0 Å². The molecule has 1 aliphatic carbocycles. The second kappa shape index (κ2) is 6.53. The fourth-order valence-electron chi connectivity index (χ4n) is 3.18. The number of nitrogens with zero attached hydrogens (tertiary/aromatic N) is 1. The first kappa shape index (κ1) is 16.3. The molecule has 2 N–H and O–H groups in total. The van der Waals surface area contributed by atoms with Gasteiger partial charge in [0.25, 0.3) is 5.91 Å². The average Bonchev–Trinajstić information content (AvgIpc) is 2.47. The summed E-state index contributed by atoms with van der Waals surface area (Å²) >= 11 is 0. The molecular weight excluding hydrogens is 302 g/mol. The van der Waals surface area contributed by atoms with Crippen molar-refractivity contribution in [2.24, 2.45) is 0 Å². The molecule has 3 rings (SSSR count). The van der Waals surface area contributed by atoms with Crippen LogP contribution in [0.4, 0.5) is 8.78 Å². The first-order chi connectivity index (χ1) is 11.0. The molecule has 1 atom stereocenters. The van der Waals surface area contributed by atoms with Gasteiger partial charge in [0.05, 0.1) is 0 Å². The third-order valence-corrected chi connectivity index (χ3v) is 4.88. The molecular formula is C17H22F2N2O2. The van der Waals surface area contributed by atoms with Gasteiger partial charge in [-0.25, -0.2) is 8.78 Å². The summed E-state index contributed by atoms with van der Waals surface area (Å²) in [4.78, 5) is 14.0. The van der Waals surface area contributed by atoms with Crippen LogP contribution < -0.4 is 5.32 Å². The summed E-state index contributed by atoms with van der Waals surface area (Å²) in [6, 6.07) is 4.32. The Morgan fingerprint density at radius 3 is 2.78 bits per heavy atom. The number of rotatable bonds is 5. The van der Waals surface area contributed by atoms with Crippen molar-refractivity contribution in [3.8, 4) is 0 Å². The topological polar surface area (TPSA) is 52.6 Å². The number of hydrogen-bond acceptors (Lipinski definition) is 3. The zero-order chi connectivity index (χ0) is 16.4. The molecule has 0 aromatic heterocycles. The van der Waals surface area contributed by atoms with E-state index in [0.29, 0.717) is 25.4 Å². The van der Waals surface area contributed by atoms with Gasteiger partial charge in [0.1, 0.15) is 0 Å². The fraction of sp³-hybridized carbons (Fsp3) is 0.588. The van der Waals surface area contributed by atoms with Crippen molar-refractivity contribution in [1.82, 2.24) is 10.2 Å². The van der Waals surface area contributed by atoms with E-state index in [1.807, 2.05) is 0 Å². The Hall–Kier alpha value is -1.53. The van der Waals surface area contributed by atoms with Crippen LogP contribution in [0.1, 0.15) is 37.7 Å². The number of amides is 1. The first-order valence-corrected chi connectivity index (χ1v) is 8.18. The van der Waals surface area contributed by atoms with Gasteiger partial charge in [-0.3, -0.25) is 4.79 Å². The molecule has 0 radical (unpaired) electrons. The lowest BCUT2D eigenvalue weighted by Crippen LogP contribution is -2.59. The minimum absolute atomic E-state index is 0.0197. The molecule has 2 fully saturated rings. The third kappa shape index (κ3) is 3.38. The van der Waals surface area contributed by atoms with Crippen LogP contribution in [0.2, 0.25) is 0 Å². The number of carbonyl (C=O) groups is 1. The number of aliphatic hydroxyl groups is 1. The highest BCUT2D eigenvalue weighted by Gasteiger charge is 2.42. The number of likely N-dealkylation sites (tertiary alicyclic amines) is 1. The van der Waals surface area contributed by atoms with Crippen LogP contribution in [0, 0.1) is 11.6 Å². The van der Waals surface area contributed by atoms with Gasteiger partial charge in [-0.1, -0.05) is 18.6 Å². The molecule has 0 spiro atoms. The van der Waals surface area contributed by atoms with Crippen molar-refractivity contribution >= 4 is 5.91 Å². The highest BCUT2D eigenvalue weighted by atomic mass is 19.2. The van der Waals surface area contributed by atoms with E-state index in [1.165, 1.54) is 23.5 Å². The van der Waals surface area contributed by atoms with E-state index in [4.69, 9.17) is 0 Å². The maximum Gasteiger partial charge on any atom is 0.256 e. The lowest BCUT2D eigenvalue weighted by atomic mass is 9.88. The molecule has 1 aromatic rings. The lowest BCUT2D eigenvalue weighted by molar-refractivity contribution is -0.157. The molecule has 0 bridgehead atoms. The second-order valence-electron chi connectivity index (χ2n) is 6.58. The number of nitrogens with one attached hydrogen (secondary N) is 1. The molecule has 1 amide bonds. The van der Waals surface area contributed by atoms with Crippen LogP contribution >= 0.6 is 0 Å². The van der Waals surface area contributed by atoms with Gasteiger partial charge in [-0.15, -0.1) is 0 Å². The van der Waals surface area contributed by atoms with Crippen molar-refractivity contribution in [2.75, 3.05) is 13.1 Å². The van der Waals surface area contributed by atoms with Gasteiger partial charge in [0.15, 0.2) is 17.2 Å². The summed E-state index contributed by atoms with van der Waals surface area (Å²) in [7, 11) is 0. The van der Waals surface area contributed by atoms with Crippen LogP contribution in [0.5, 0.6) is 0 Å². The molecule has 126 valence electrons. The smallest absolute Gasteiger partial charge is 0.256 e. The van der Waals surface area contributed by atoms with Crippen molar-refractivity contribution in [3.05, 3.63) is 35.4 Å². The number of halogens is 2. The van der Waals surface area contributed by atoms with Gasteiger partial charge in [0.2, 0.25) is 0 Å². The Bertz CT molecular complexity index is 592. The number of carbonyl (C=O) groups excluding carboxylic acids is 1. The van der Waals surface area contributed by atoms with Gasteiger partial charge in [-0.05, 0) is 31.7 Å². The van der Waals surface area contributed by atoms with Gasteiger partial charge < -0.3 is 15.3 Å². The van der Waals surface area contributed by atoms with Crippen molar-refractivity contribution < 1.29 is 18.7 Å². The maximum atomic E-state index is 13.8. The van der Waals surface area contributed by atoms with E-state index in [1.54, 1.807) is 0 Å². The van der Waals surface area contributed by atoms with E-state index in [9.17, 15) is 18.7 Å². The van der Waals surface area contributed by atoms with Crippen LogP contribution in [-0.2, 0) is 11.3 Å². The Labute approximate surface area is 134 Å². The maximum absolute atomic E-state index is 13.8. The van der Waals surface area contributed by atoms with Crippen LogP contribution in [0.3, 0.4) is 0 Å². The van der Waals surface area contributed by atoms with Gasteiger partial charge in [0, 0.05) is 31.2 Å². The molecule has 1 aromatic carbocycles. The molecule has 23 heavy (non-hydrogen) atoms. The molecule has 4 nitrogen and oxygen atoms in total. The summed E-state index contributed by atoms with van der Waals surface area (Å²) in [5.74, 6) is -2.25. The highest BCUT2D eigenvalue weighted by molar-refractivity contribution is 5.86. The van der Waals surface area contributed by atoms with E-state index in [-0.39, 0.29) is 18.7 Å². The predicted molar refractivity (Wildman–Crippen MR) is 81.6 cm³/mol. The number of piperidine rings is 1. The van der Waals surface area contributed by atoms with Gasteiger partial charge >= 0.3 is 0 Å². The number of hydrogen-bond donors (Lipinski definition) is 2. The standard InChI is InChI=1S/C17H22F2N2O2/c18-14-7-1-4-12(15(14)19)10-21-9-3-8-17(23,16(21)22)11-20-13-5-2-6-13/h1,4,7,13,20,23H,2-3,5-6,8-11H2/t17-/m0/s1. The molecule has 1 heterocycles. The first-order valence-electron chi connectivity index (χ1n) is 8.18. The fourth-order valence-corrected chi connectivity index (χ4v) is 3.18. The lowest BCUT2D eigenvalue weighted by Gasteiger charge is -2.40. The Morgan fingerprint density at radius 1 is 1.30 bits per heavy atom. The molecule has 6 heteroatoms. The predicted octanol–water partition coefficient (Wildman–Crippen LogP) is 1.96. The zero-order valence-corrected chi connectivity index (χ0v) is 13.0. The van der Waals surface area contributed by atoms with Crippen molar-refractivity contribution in [2.45, 2.75) is 50.3 Å². The molecule has 1 aliphatic heterocycles. The minimum Gasteiger partial charge on any atom is -0.379 e. The summed E-state index contributed by atoms with van der Waals surface area (Å²) in [5.41, 5.74) is -1.31. The summed E-state index contributed by atoms with van der Waals surface area (Å²) in [6.07, 6.45) is 4.36. The van der Waals surface area contributed by atoms with E-state index in [0.717, 1.165) is 18.9 Å². The Balaban J connectivity index is 1.67. The summed E-state index contributed by atoms with van der Waals surface area (Å²) in [5, 5.41) is 13.9.